The fraction of sp³-hybridized carbons (Fsp3) is 0.545. The topological polar surface area (TPSA) is 81.6 Å². The van der Waals surface area contributed by atoms with Crippen LogP contribution in [0.5, 0.6) is 0 Å². The molecular formula is C22H27F2I2N6O-3. The van der Waals surface area contributed by atoms with Crippen LogP contribution in [-0.4, -0.2) is 66.2 Å². The van der Waals surface area contributed by atoms with E-state index in [-0.39, 0.29) is 67.6 Å². The summed E-state index contributed by atoms with van der Waals surface area (Å²) in [6.45, 7) is 2.80. The van der Waals surface area contributed by atoms with Crippen molar-refractivity contribution in [3.63, 3.8) is 0 Å². The number of nitrogen functional groups attached to an aromatic ring is 1. The monoisotopic (exact) mass is 683 g/mol. The Morgan fingerprint density at radius 3 is 2.67 bits per heavy atom. The number of rotatable bonds is 6. The Labute approximate surface area is 213 Å². The number of allylic oxidation sites excluding steroid dienone is 4. The molecule has 1 aromatic heterocycles. The number of hydrogen-bond acceptors (Lipinski definition) is 6. The van der Waals surface area contributed by atoms with Crippen LogP contribution in [0.25, 0.3) is 5.32 Å². The zero-order valence-corrected chi connectivity index (χ0v) is 22.5. The molecule has 3 saturated heterocycles. The number of alkyl halides is 6. The second kappa shape index (κ2) is 10.2. The fourth-order valence-corrected chi connectivity index (χ4v) is 11.7. The minimum atomic E-state index is -2.74. The normalized spacial score (nSPS) is 23.6. The SMILES string of the molecule is Nc1c([N-]CC2=C(C3[I-]C[I-]3)CC=CC=C2)nc(N2CCOCC2)nc1N1CCC(F)(F)C1. The first kappa shape index (κ1) is 23.5. The Morgan fingerprint density at radius 2 is 1.97 bits per heavy atom. The molecule has 11 heteroatoms. The number of anilines is 3. The van der Waals surface area contributed by atoms with Gasteiger partial charge in [0.15, 0.2) is 0 Å². The molecule has 1 aliphatic carbocycles. The van der Waals surface area contributed by atoms with Crippen molar-refractivity contribution < 1.29 is 55.9 Å². The van der Waals surface area contributed by atoms with Crippen LogP contribution in [0.1, 0.15) is 12.8 Å². The van der Waals surface area contributed by atoms with Gasteiger partial charge in [-0.25, -0.2) is 0 Å². The Morgan fingerprint density at radius 1 is 1.15 bits per heavy atom. The molecule has 7 nitrogen and oxygen atoms in total. The molecular weight excluding hydrogens is 656 g/mol. The van der Waals surface area contributed by atoms with E-state index in [4.69, 9.17) is 15.8 Å². The van der Waals surface area contributed by atoms with Crippen molar-refractivity contribution in [1.29, 1.82) is 0 Å². The number of aromatic nitrogens is 2. The maximum absolute atomic E-state index is 14.0. The Bertz CT molecular complexity index is 976. The quantitative estimate of drug-likeness (QED) is 0.255. The van der Waals surface area contributed by atoms with Gasteiger partial charge in [-0.15, -0.1) is 0 Å². The van der Waals surface area contributed by atoms with Crippen LogP contribution >= 0.6 is 0 Å². The second-order valence-electron chi connectivity index (χ2n) is 8.28. The summed E-state index contributed by atoms with van der Waals surface area (Å²) in [5, 5.41) is 4.83. The maximum atomic E-state index is 14.0. The van der Waals surface area contributed by atoms with E-state index in [9.17, 15) is 8.78 Å². The van der Waals surface area contributed by atoms with Crippen molar-refractivity contribution >= 4 is 23.3 Å². The number of nitrogens with two attached hydrogens (primary N) is 1. The molecule has 1 aromatic rings. The van der Waals surface area contributed by atoms with Gasteiger partial charge in [-0.1, -0.05) is 0 Å². The molecule has 33 heavy (non-hydrogen) atoms. The van der Waals surface area contributed by atoms with E-state index in [0.29, 0.717) is 50.4 Å². The van der Waals surface area contributed by atoms with E-state index >= 15 is 0 Å². The Kier molecular flexibility index (Phi) is 7.26. The van der Waals surface area contributed by atoms with Gasteiger partial charge in [0.1, 0.15) is 0 Å². The third-order valence-corrected chi connectivity index (χ3v) is 18.7. The average molecular weight is 683 g/mol. The molecule has 2 N–H and O–H groups in total. The second-order valence-corrected chi connectivity index (χ2v) is 19.4. The molecule has 3 aliphatic heterocycles. The number of hydrogen-bond donors (Lipinski definition) is 1. The Hall–Kier alpha value is -1.22. The zero-order valence-electron chi connectivity index (χ0n) is 18.2. The first-order valence-corrected chi connectivity index (χ1v) is 16.6. The van der Waals surface area contributed by atoms with Gasteiger partial charge < -0.3 is 0 Å². The summed E-state index contributed by atoms with van der Waals surface area (Å²) < 4.78 is 35.7. The molecule has 0 atom stereocenters. The first-order chi connectivity index (χ1) is 16.0. The van der Waals surface area contributed by atoms with E-state index < -0.39 is 5.92 Å². The van der Waals surface area contributed by atoms with Crippen LogP contribution in [0.2, 0.25) is 0 Å². The van der Waals surface area contributed by atoms with Gasteiger partial charge in [0, 0.05) is 0 Å². The summed E-state index contributed by atoms with van der Waals surface area (Å²) in [6, 6.07) is 0. The summed E-state index contributed by atoms with van der Waals surface area (Å²) in [4.78, 5) is 12.9. The molecule has 0 saturated carbocycles. The van der Waals surface area contributed by atoms with Crippen LogP contribution in [0.4, 0.5) is 32.1 Å². The molecule has 4 aliphatic rings. The summed E-state index contributed by atoms with van der Waals surface area (Å²) in [5.74, 6) is -1.49. The van der Waals surface area contributed by atoms with Crippen molar-refractivity contribution in [2.45, 2.75) is 20.7 Å². The predicted octanol–water partition coefficient (Wildman–Crippen LogP) is -2.97. The van der Waals surface area contributed by atoms with Gasteiger partial charge in [-0.05, 0) is 0 Å². The van der Waals surface area contributed by atoms with Gasteiger partial charge >= 0.3 is 215 Å². The van der Waals surface area contributed by atoms with Gasteiger partial charge in [0.25, 0.3) is 0 Å². The molecule has 182 valence electrons. The van der Waals surface area contributed by atoms with Gasteiger partial charge in [0.05, 0.1) is 0 Å². The standard InChI is InChI=1S/C22H27F2I2N6O/c23-22(24)6-7-32(13-22)20-17(27)19(29-21(30-20)31-8-10-33-11-9-31)28-12-15-4-2-1-3-5-16(15)18-25-14-26-18/h1-4,18H,5-14,27H2/q-3. The van der Waals surface area contributed by atoms with E-state index in [1.165, 1.54) is 13.6 Å². The average Bonchev–Trinajstić information content (AvgIpc) is 2.99. The van der Waals surface area contributed by atoms with Crippen LogP contribution < -0.4 is 57.9 Å². The van der Waals surface area contributed by atoms with E-state index in [2.05, 4.69) is 34.3 Å². The van der Waals surface area contributed by atoms with Crippen LogP contribution in [0.15, 0.2) is 35.5 Å². The van der Waals surface area contributed by atoms with Crippen molar-refractivity contribution in [3.8, 4) is 0 Å². The number of nitrogens with zero attached hydrogens (tertiary/aromatic N) is 5. The third-order valence-electron chi connectivity index (χ3n) is 6.00. The summed E-state index contributed by atoms with van der Waals surface area (Å²) in [6.07, 6.45) is 9.37. The van der Waals surface area contributed by atoms with Crippen molar-refractivity contribution in [3.05, 3.63) is 40.8 Å². The Balaban J connectivity index is 1.44. The van der Waals surface area contributed by atoms with Gasteiger partial charge in [-0.2, -0.15) is 0 Å². The first-order valence-electron chi connectivity index (χ1n) is 11.0. The molecule has 0 amide bonds. The van der Waals surface area contributed by atoms with Crippen molar-refractivity contribution in [2.75, 3.05) is 63.9 Å². The molecule has 0 spiro atoms. The predicted molar refractivity (Wildman–Crippen MR) is 118 cm³/mol. The van der Waals surface area contributed by atoms with Gasteiger partial charge in [-0.3, -0.25) is 0 Å². The van der Waals surface area contributed by atoms with Crippen LogP contribution in [0, 0.1) is 0 Å². The fourth-order valence-electron chi connectivity index (χ4n) is 4.15. The molecule has 0 aromatic carbocycles. The summed E-state index contributed by atoms with van der Waals surface area (Å²) >= 11 is 0.573. The molecule has 0 unspecified atom stereocenters. The summed E-state index contributed by atoms with van der Waals surface area (Å²) in [7, 11) is 0. The minimum absolute atomic E-state index is 0.197. The van der Waals surface area contributed by atoms with E-state index in [0.717, 1.165) is 8.35 Å². The van der Waals surface area contributed by atoms with Crippen molar-refractivity contribution in [2.24, 2.45) is 0 Å². The molecule has 0 radical (unpaired) electrons. The summed E-state index contributed by atoms with van der Waals surface area (Å²) in [5.41, 5.74) is 9.52. The number of morpholine rings is 1. The molecule has 0 bridgehead atoms. The molecule has 3 fully saturated rings. The van der Waals surface area contributed by atoms with E-state index in [1.807, 2.05) is 4.90 Å². The zero-order chi connectivity index (χ0) is 22.8. The van der Waals surface area contributed by atoms with E-state index in [1.54, 1.807) is 4.90 Å². The van der Waals surface area contributed by atoms with Crippen LogP contribution in [-0.2, 0) is 4.74 Å². The third kappa shape index (κ3) is 5.39. The van der Waals surface area contributed by atoms with Gasteiger partial charge in [0.2, 0.25) is 0 Å². The molecule has 4 heterocycles. The van der Waals surface area contributed by atoms with Crippen molar-refractivity contribution in [1.82, 2.24) is 9.97 Å². The van der Waals surface area contributed by atoms with Crippen LogP contribution in [0.3, 0.4) is 0 Å². The number of halogens is 4. The molecule has 5 rings (SSSR count). The number of ether oxygens (including phenoxy) is 1.